The molecule has 0 radical (unpaired) electrons. The molecule has 1 unspecified atom stereocenters. The Hall–Kier alpha value is -2.16. The molecule has 1 aliphatic rings. The second-order valence-electron chi connectivity index (χ2n) is 7.22. The Morgan fingerprint density at radius 3 is 2.42 bits per heavy atom. The van der Waals surface area contributed by atoms with E-state index in [9.17, 15) is 14.7 Å². The van der Waals surface area contributed by atoms with Gasteiger partial charge in [0.05, 0.1) is 5.56 Å². The molecular formula is C23H30O3. The van der Waals surface area contributed by atoms with E-state index in [-0.39, 0.29) is 22.9 Å². The van der Waals surface area contributed by atoms with E-state index >= 15 is 0 Å². The SMILES string of the molecule is CCCCCCCCc1ccc(C(=O)C2(C(C)=O)C=CC=CC2)c(O)c1. The summed E-state index contributed by atoms with van der Waals surface area (Å²) in [5.74, 6) is -0.546. The van der Waals surface area contributed by atoms with Crippen LogP contribution in [0.1, 0.15) is 74.7 Å². The summed E-state index contributed by atoms with van der Waals surface area (Å²) in [6.45, 7) is 3.65. The summed E-state index contributed by atoms with van der Waals surface area (Å²) in [6.07, 6.45) is 15.6. The van der Waals surface area contributed by atoms with Crippen LogP contribution in [0.2, 0.25) is 0 Å². The molecule has 0 aromatic heterocycles. The van der Waals surface area contributed by atoms with Crippen molar-refractivity contribution < 1.29 is 14.7 Å². The number of unbranched alkanes of at least 4 members (excludes halogenated alkanes) is 5. The van der Waals surface area contributed by atoms with E-state index < -0.39 is 5.41 Å². The largest absolute Gasteiger partial charge is 0.507 e. The van der Waals surface area contributed by atoms with Gasteiger partial charge in [0.2, 0.25) is 0 Å². The van der Waals surface area contributed by atoms with Gasteiger partial charge in [-0.15, -0.1) is 0 Å². The van der Waals surface area contributed by atoms with Crippen molar-refractivity contribution in [2.24, 2.45) is 5.41 Å². The van der Waals surface area contributed by atoms with Gasteiger partial charge in [0.15, 0.2) is 5.78 Å². The fourth-order valence-electron chi connectivity index (χ4n) is 3.48. The number of allylic oxidation sites excluding steroid dienone is 4. The summed E-state index contributed by atoms with van der Waals surface area (Å²) in [6, 6.07) is 5.24. The highest BCUT2D eigenvalue weighted by atomic mass is 16.3. The topological polar surface area (TPSA) is 54.4 Å². The van der Waals surface area contributed by atoms with E-state index in [4.69, 9.17) is 0 Å². The van der Waals surface area contributed by atoms with Crippen LogP contribution in [0, 0.1) is 5.41 Å². The molecule has 0 heterocycles. The number of ketones is 2. The molecule has 3 heteroatoms. The Bertz CT molecular complexity index is 699. The molecule has 0 aliphatic heterocycles. The second kappa shape index (κ2) is 9.51. The molecule has 26 heavy (non-hydrogen) atoms. The third-order valence-electron chi connectivity index (χ3n) is 5.23. The maximum absolute atomic E-state index is 13.0. The fourth-order valence-corrected chi connectivity index (χ4v) is 3.48. The van der Waals surface area contributed by atoms with E-state index in [1.807, 2.05) is 18.2 Å². The number of Topliss-reactive ketones (excluding diaryl/α,β-unsaturated/α-hetero) is 2. The van der Waals surface area contributed by atoms with Crippen LogP contribution < -0.4 is 0 Å². The highest BCUT2D eigenvalue weighted by Crippen LogP contribution is 2.36. The van der Waals surface area contributed by atoms with E-state index in [0.717, 1.165) is 18.4 Å². The van der Waals surface area contributed by atoms with Crippen LogP contribution in [0.3, 0.4) is 0 Å². The lowest BCUT2D eigenvalue weighted by Crippen LogP contribution is -2.36. The molecule has 0 saturated carbocycles. The summed E-state index contributed by atoms with van der Waals surface area (Å²) in [5, 5.41) is 10.4. The number of carbonyl (C=O) groups excluding carboxylic acids is 2. The fraction of sp³-hybridized carbons (Fsp3) is 0.478. The summed E-state index contributed by atoms with van der Waals surface area (Å²) in [7, 11) is 0. The van der Waals surface area contributed by atoms with Gasteiger partial charge in [0.1, 0.15) is 16.9 Å². The Morgan fingerprint density at radius 1 is 1.08 bits per heavy atom. The van der Waals surface area contributed by atoms with Crippen molar-refractivity contribution in [1.29, 1.82) is 0 Å². The number of phenolic OH excluding ortho intramolecular Hbond substituents is 1. The van der Waals surface area contributed by atoms with Crippen LogP contribution in [0.25, 0.3) is 0 Å². The lowest BCUT2D eigenvalue weighted by atomic mass is 9.72. The van der Waals surface area contributed by atoms with Crippen molar-refractivity contribution in [2.75, 3.05) is 0 Å². The first-order chi connectivity index (χ1) is 12.5. The van der Waals surface area contributed by atoms with Gasteiger partial charge in [0, 0.05) is 0 Å². The van der Waals surface area contributed by atoms with E-state index in [2.05, 4.69) is 6.92 Å². The number of phenols is 1. The van der Waals surface area contributed by atoms with Crippen molar-refractivity contribution in [3.8, 4) is 5.75 Å². The number of aromatic hydroxyl groups is 1. The molecule has 0 saturated heterocycles. The lowest BCUT2D eigenvalue weighted by Gasteiger charge is -2.27. The van der Waals surface area contributed by atoms with Gasteiger partial charge in [-0.05, 0) is 43.9 Å². The second-order valence-corrected chi connectivity index (χ2v) is 7.22. The normalized spacial score (nSPS) is 18.8. The lowest BCUT2D eigenvalue weighted by molar-refractivity contribution is -0.122. The molecule has 1 aromatic rings. The quantitative estimate of drug-likeness (QED) is 0.339. The molecule has 0 bridgehead atoms. The smallest absolute Gasteiger partial charge is 0.184 e. The number of aryl methyl sites for hydroxylation is 1. The molecule has 0 fully saturated rings. The number of hydrogen-bond acceptors (Lipinski definition) is 3. The van der Waals surface area contributed by atoms with Crippen LogP contribution in [0.4, 0.5) is 0 Å². The first-order valence-corrected chi connectivity index (χ1v) is 9.73. The van der Waals surface area contributed by atoms with Gasteiger partial charge in [-0.1, -0.05) is 69.4 Å². The van der Waals surface area contributed by atoms with Gasteiger partial charge >= 0.3 is 0 Å². The summed E-state index contributed by atoms with van der Waals surface area (Å²) >= 11 is 0. The highest BCUT2D eigenvalue weighted by molar-refractivity contribution is 6.17. The zero-order valence-corrected chi connectivity index (χ0v) is 16.0. The van der Waals surface area contributed by atoms with Crippen molar-refractivity contribution in [3.63, 3.8) is 0 Å². The van der Waals surface area contributed by atoms with Crippen molar-refractivity contribution in [1.82, 2.24) is 0 Å². The first-order valence-electron chi connectivity index (χ1n) is 9.73. The van der Waals surface area contributed by atoms with Gasteiger partial charge in [0.25, 0.3) is 0 Å². The Balaban J connectivity index is 2.04. The first kappa shape index (κ1) is 20.2. The van der Waals surface area contributed by atoms with Crippen LogP contribution in [0.15, 0.2) is 42.5 Å². The summed E-state index contributed by atoms with van der Waals surface area (Å²) in [5.41, 5.74) is 0.0740. The molecular weight excluding hydrogens is 324 g/mol. The summed E-state index contributed by atoms with van der Waals surface area (Å²) < 4.78 is 0. The predicted octanol–water partition coefficient (Wildman–Crippen LogP) is 5.57. The highest BCUT2D eigenvalue weighted by Gasteiger charge is 2.41. The van der Waals surface area contributed by atoms with Crippen molar-refractivity contribution in [3.05, 3.63) is 53.6 Å². The van der Waals surface area contributed by atoms with Crippen molar-refractivity contribution >= 4 is 11.6 Å². The standard InChI is InChI=1S/C23H30O3/c1-3-4-5-6-7-9-12-19-13-14-20(21(25)17-19)22(26)23(18(2)24)15-10-8-11-16-23/h8,10-11,13-15,17,25H,3-7,9,12,16H2,1-2H3. The molecule has 140 valence electrons. The molecule has 1 aromatic carbocycles. The minimum absolute atomic E-state index is 0.0259. The van der Waals surface area contributed by atoms with Crippen LogP contribution in [-0.4, -0.2) is 16.7 Å². The average molecular weight is 354 g/mol. The molecule has 1 N–H and O–H groups in total. The third kappa shape index (κ3) is 4.72. The Kier molecular flexibility index (Phi) is 7.38. The molecule has 0 amide bonds. The third-order valence-corrected chi connectivity index (χ3v) is 5.23. The predicted molar refractivity (Wildman–Crippen MR) is 106 cm³/mol. The number of carbonyl (C=O) groups is 2. The van der Waals surface area contributed by atoms with E-state index in [1.165, 1.54) is 39.0 Å². The zero-order chi connectivity index (χ0) is 19.0. The molecule has 2 rings (SSSR count). The molecule has 3 nitrogen and oxygen atoms in total. The van der Waals surface area contributed by atoms with E-state index in [0.29, 0.717) is 6.42 Å². The van der Waals surface area contributed by atoms with Crippen molar-refractivity contribution in [2.45, 2.75) is 65.2 Å². The maximum atomic E-state index is 13.0. The minimum Gasteiger partial charge on any atom is -0.507 e. The minimum atomic E-state index is -1.19. The number of benzene rings is 1. The van der Waals surface area contributed by atoms with Gasteiger partial charge < -0.3 is 5.11 Å². The Morgan fingerprint density at radius 2 is 1.81 bits per heavy atom. The Labute approximate surface area is 156 Å². The van der Waals surface area contributed by atoms with Gasteiger partial charge in [-0.25, -0.2) is 0 Å². The number of hydrogen-bond donors (Lipinski definition) is 1. The average Bonchev–Trinajstić information content (AvgIpc) is 2.64. The molecule has 1 aliphatic carbocycles. The molecule has 0 spiro atoms. The monoisotopic (exact) mass is 354 g/mol. The summed E-state index contributed by atoms with van der Waals surface area (Å²) in [4.78, 5) is 25.2. The van der Waals surface area contributed by atoms with Gasteiger partial charge in [-0.3, -0.25) is 9.59 Å². The maximum Gasteiger partial charge on any atom is 0.184 e. The van der Waals surface area contributed by atoms with Crippen LogP contribution in [0.5, 0.6) is 5.75 Å². The van der Waals surface area contributed by atoms with Gasteiger partial charge in [-0.2, -0.15) is 0 Å². The van der Waals surface area contributed by atoms with Crippen LogP contribution in [-0.2, 0) is 11.2 Å². The number of rotatable bonds is 10. The van der Waals surface area contributed by atoms with Crippen LogP contribution >= 0.6 is 0 Å². The zero-order valence-electron chi connectivity index (χ0n) is 16.0. The van der Waals surface area contributed by atoms with E-state index in [1.54, 1.807) is 24.3 Å². The molecule has 1 atom stereocenters.